The zero-order chi connectivity index (χ0) is 21.3. The first kappa shape index (κ1) is 21.6. The van der Waals surface area contributed by atoms with E-state index in [2.05, 4.69) is 15.2 Å². The zero-order valence-corrected chi connectivity index (χ0v) is 17.7. The SMILES string of the molecule is CN(C)c1ccc(-c2cnc(-c3ccc(C(=O)NCCCCCCN)cc3)o2)cc1. The van der Waals surface area contributed by atoms with E-state index in [-0.39, 0.29) is 5.91 Å². The third-order valence-corrected chi connectivity index (χ3v) is 4.98. The number of benzene rings is 2. The van der Waals surface area contributed by atoms with E-state index in [0.717, 1.165) is 49.0 Å². The fraction of sp³-hybridized carbons (Fsp3) is 0.333. The minimum Gasteiger partial charge on any atom is -0.436 e. The first-order valence-electron chi connectivity index (χ1n) is 10.4. The molecule has 0 aliphatic carbocycles. The van der Waals surface area contributed by atoms with Crippen LogP contribution in [0.3, 0.4) is 0 Å². The number of nitrogens with zero attached hydrogens (tertiary/aromatic N) is 2. The van der Waals surface area contributed by atoms with Gasteiger partial charge in [-0.2, -0.15) is 0 Å². The average molecular weight is 407 g/mol. The smallest absolute Gasteiger partial charge is 0.251 e. The highest BCUT2D eigenvalue weighted by Gasteiger charge is 2.11. The Morgan fingerprint density at radius 3 is 2.30 bits per heavy atom. The van der Waals surface area contributed by atoms with E-state index in [1.54, 1.807) is 18.3 Å². The number of carbonyl (C=O) groups excluding carboxylic acids is 1. The van der Waals surface area contributed by atoms with Crippen LogP contribution >= 0.6 is 0 Å². The molecule has 0 saturated heterocycles. The van der Waals surface area contributed by atoms with E-state index < -0.39 is 0 Å². The maximum Gasteiger partial charge on any atom is 0.251 e. The lowest BCUT2D eigenvalue weighted by atomic mass is 10.1. The molecule has 158 valence electrons. The molecule has 0 spiro atoms. The van der Waals surface area contributed by atoms with Gasteiger partial charge in [-0.3, -0.25) is 4.79 Å². The average Bonchev–Trinajstić information content (AvgIpc) is 3.26. The molecular weight excluding hydrogens is 376 g/mol. The maximum atomic E-state index is 12.3. The summed E-state index contributed by atoms with van der Waals surface area (Å²) in [6.07, 6.45) is 5.93. The second-order valence-corrected chi connectivity index (χ2v) is 7.51. The van der Waals surface area contributed by atoms with Crippen molar-refractivity contribution < 1.29 is 9.21 Å². The van der Waals surface area contributed by atoms with Crippen LogP contribution in [0.2, 0.25) is 0 Å². The van der Waals surface area contributed by atoms with Crippen LogP contribution in [0.5, 0.6) is 0 Å². The number of nitrogens with one attached hydrogen (secondary N) is 1. The topological polar surface area (TPSA) is 84.4 Å². The Kier molecular flexibility index (Phi) is 7.63. The number of hydrogen-bond donors (Lipinski definition) is 2. The Bertz CT molecular complexity index is 931. The normalized spacial score (nSPS) is 10.8. The molecule has 0 aliphatic heterocycles. The number of oxazole rings is 1. The van der Waals surface area contributed by atoms with Crippen LogP contribution in [0.25, 0.3) is 22.8 Å². The predicted octanol–water partition coefficient (Wildman–Crippen LogP) is 4.32. The van der Waals surface area contributed by atoms with Crippen molar-refractivity contribution in [2.75, 3.05) is 32.1 Å². The van der Waals surface area contributed by atoms with E-state index >= 15 is 0 Å². The molecule has 6 nitrogen and oxygen atoms in total. The van der Waals surface area contributed by atoms with Crippen molar-refractivity contribution in [3.63, 3.8) is 0 Å². The van der Waals surface area contributed by atoms with Crippen LogP contribution in [-0.4, -0.2) is 38.1 Å². The molecule has 1 amide bonds. The second-order valence-electron chi connectivity index (χ2n) is 7.51. The van der Waals surface area contributed by atoms with Crippen molar-refractivity contribution in [3.05, 3.63) is 60.3 Å². The van der Waals surface area contributed by atoms with E-state index in [0.29, 0.717) is 23.8 Å². The third-order valence-electron chi connectivity index (χ3n) is 4.98. The fourth-order valence-electron chi connectivity index (χ4n) is 3.16. The van der Waals surface area contributed by atoms with E-state index in [1.165, 1.54) is 0 Å². The number of carbonyl (C=O) groups is 1. The van der Waals surface area contributed by atoms with Crippen LogP contribution in [0, 0.1) is 0 Å². The van der Waals surface area contributed by atoms with Crippen LogP contribution in [0.15, 0.2) is 59.1 Å². The number of nitrogens with two attached hydrogens (primary N) is 1. The molecule has 0 atom stereocenters. The van der Waals surface area contributed by atoms with Gasteiger partial charge in [0.25, 0.3) is 5.91 Å². The Hall–Kier alpha value is -3.12. The van der Waals surface area contributed by atoms with E-state index in [1.807, 2.05) is 50.5 Å². The molecule has 2 aromatic carbocycles. The van der Waals surface area contributed by atoms with Crippen molar-refractivity contribution in [2.45, 2.75) is 25.7 Å². The van der Waals surface area contributed by atoms with Gasteiger partial charge in [-0.05, 0) is 67.9 Å². The van der Waals surface area contributed by atoms with Gasteiger partial charge in [-0.25, -0.2) is 4.98 Å². The number of rotatable bonds is 10. The number of hydrogen-bond acceptors (Lipinski definition) is 5. The van der Waals surface area contributed by atoms with Gasteiger partial charge in [0.05, 0.1) is 6.20 Å². The molecule has 0 bridgehead atoms. The molecule has 6 heteroatoms. The fourth-order valence-corrected chi connectivity index (χ4v) is 3.16. The highest BCUT2D eigenvalue weighted by Crippen LogP contribution is 2.27. The second kappa shape index (κ2) is 10.6. The van der Waals surface area contributed by atoms with Crippen molar-refractivity contribution in [2.24, 2.45) is 5.73 Å². The highest BCUT2D eigenvalue weighted by atomic mass is 16.4. The van der Waals surface area contributed by atoms with Crippen molar-refractivity contribution in [3.8, 4) is 22.8 Å². The molecule has 1 aromatic heterocycles. The summed E-state index contributed by atoms with van der Waals surface area (Å²) < 4.78 is 5.93. The summed E-state index contributed by atoms with van der Waals surface area (Å²) in [5.41, 5.74) is 9.06. The number of aromatic nitrogens is 1. The molecule has 0 radical (unpaired) electrons. The molecule has 3 N–H and O–H groups in total. The van der Waals surface area contributed by atoms with Gasteiger partial charge in [0.2, 0.25) is 5.89 Å². The summed E-state index contributed by atoms with van der Waals surface area (Å²) in [5, 5.41) is 2.96. The standard InChI is InChI=1S/C24H30N4O2/c1-28(2)21-13-11-18(12-14-21)22-17-27-24(30-22)20-9-7-19(8-10-20)23(29)26-16-6-4-3-5-15-25/h7-14,17H,3-6,15-16,25H2,1-2H3,(H,26,29). The van der Waals surface area contributed by atoms with Gasteiger partial charge >= 0.3 is 0 Å². The quantitative estimate of drug-likeness (QED) is 0.490. The molecule has 0 unspecified atom stereocenters. The van der Waals surface area contributed by atoms with Gasteiger partial charge in [0.1, 0.15) is 0 Å². The zero-order valence-electron chi connectivity index (χ0n) is 17.7. The Morgan fingerprint density at radius 2 is 1.63 bits per heavy atom. The highest BCUT2D eigenvalue weighted by molar-refractivity contribution is 5.94. The van der Waals surface area contributed by atoms with Crippen LogP contribution in [0.1, 0.15) is 36.0 Å². The number of anilines is 1. The molecule has 30 heavy (non-hydrogen) atoms. The lowest BCUT2D eigenvalue weighted by molar-refractivity contribution is 0.0953. The largest absolute Gasteiger partial charge is 0.436 e. The molecular formula is C24H30N4O2. The Labute approximate surface area is 178 Å². The van der Waals surface area contributed by atoms with Crippen molar-refractivity contribution in [1.29, 1.82) is 0 Å². The van der Waals surface area contributed by atoms with Crippen molar-refractivity contribution >= 4 is 11.6 Å². The maximum absolute atomic E-state index is 12.3. The molecule has 3 aromatic rings. The summed E-state index contributed by atoms with van der Waals surface area (Å²) in [7, 11) is 4.02. The molecule has 0 saturated carbocycles. The van der Waals surface area contributed by atoms with Gasteiger partial charge in [-0.15, -0.1) is 0 Å². The first-order valence-corrected chi connectivity index (χ1v) is 10.4. The molecule has 0 aliphatic rings. The minimum absolute atomic E-state index is 0.0607. The summed E-state index contributed by atoms with van der Waals surface area (Å²) in [6.45, 7) is 1.41. The van der Waals surface area contributed by atoms with Gasteiger partial charge in [0, 0.05) is 43.0 Å². The predicted molar refractivity (Wildman–Crippen MR) is 122 cm³/mol. The summed E-state index contributed by atoms with van der Waals surface area (Å²) in [5.74, 6) is 1.19. The number of amides is 1. The molecule has 0 fully saturated rings. The van der Waals surface area contributed by atoms with Gasteiger partial charge in [0.15, 0.2) is 5.76 Å². The summed E-state index contributed by atoms with van der Waals surface area (Å²) >= 11 is 0. The van der Waals surface area contributed by atoms with E-state index in [9.17, 15) is 4.79 Å². The monoisotopic (exact) mass is 406 g/mol. The molecule has 3 rings (SSSR count). The van der Waals surface area contributed by atoms with Crippen LogP contribution < -0.4 is 16.0 Å². The summed E-state index contributed by atoms with van der Waals surface area (Å²) in [4.78, 5) is 18.7. The lowest BCUT2D eigenvalue weighted by Crippen LogP contribution is -2.24. The van der Waals surface area contributed by atoms with E-state index in [4.69, 9.17) is 10.2 Å². The van der Waals surface area contributed by atoms with Crippen molar-refractivity contribution in [1.82, 2.24) is 10.3 Å². The van der Waals surface area contributed by atoms with Gasteiger partial charge in [-0.1, -0.05) is 12.8 Å². The number of unbranched alkanes of at least 4 members (excludes halogenated alkanes) is 3. The Morgan fingerprint density at radius 1 is 0.967 bits per heavy atom. The van der Waals surface area contributed by atoms with Gasteiger partial charge < -0.3 is 20.4 Å². The first-order chi connectivity index (χ1) is 14.6. The summed E-state index contributed by atoms with van der Waals surface area (Å²) in [6, 6.07) is 15.4. The van der Waals surface area contributed by atoms with Crippen LogP contribution in [-0.2, 0) is 0 Å². The van der Waals surface area contributed by atoms with Crippen LogP contribution in [0.4, 0.5) is 5.69 Å². The third kappa shape index (κ3) is 5.70. The minimum atomic E-state index is -0.0607. The lowest BCUT2D eigenvalue weighted by Gasteiger charge is -2.11. The molecule has 1 heterocycles. The Balaban J connectivity index is 1.58.